The normalized spacial score (nSPS) is 14.1. The molecule has 1 saturated heterocycles. The van der Waals surface area contributed by atoms with Gasteiger partial charge in [0.1, 0.15) is 0 Å². The van der Waals surface area contributed by atoms with E-state index in [-0.39, 0.29) is 11.6 Å². The highest BCUT2D eigenvalue weighted by atomic mass is 16.5. The second-order valence-corrected chi connectivity index (χ2v) is 7.80. The van der Waals surface area contributed by atoms with Crippen LogP contribution in [0.25, 0.3) is 17.1 Å². The molecule has 9 heteroatoms. The van der Waals surface area contributed by atoms with E-state index in [0.717, 1.165) is 22.3 Å². The Balaban J connectivity index is 1.65. The maximum absolute atomic E-state index is 12.8. The number of hydrogen-bond donors (Lipinski definition) is 1. The lowest BCUT2D eigenvalue weighted by Crippen LogP contribution is -2.36. The van der Waals surface area contributed by atoms with Crippen molar-refractivity contribution in [2.24, 2.45) is 14.1 Å². The van der Waals surface area contributed by atoms with Crippen molar-refractivity contribution in [2.75, 3.05) is 50.7 Å². The smallest absolute Gasteiger partial charge is 0.328 e. The number of amides is 1. The quantitative estimate of drug-likeness (QED) is 0.578. The fraction of sp³-hybridized carbons (Fsp3) is 0.333. The molecule has 0 atom stereocenters. The van der Waals surface area contributed by atoms with Crippen molar-refractivity contribution in [1.29, 1.82) is 0 Å². The number of anilines is 2. The molecule has 3 aromatic rings. The van der Waals surface area contributed by atoms with Gasteiger partial charge in [0.15, 0.2) is 11.5 Å². The number of hydrogen-bond acceptors (Lipinski definition) is 6. The van der Waals surface area contributed by atoms with Crippen LogP contribution in [-0.2, 0) is 23.6 Å². The number of rotatable bonds is 6. The monoisotopic (exact) mass is 452 g/mol. The van der Waals surface area contributed by atoms with E-state index in [9.17, 15) is 9.59 Å². The van der Waals surface area contributed by atoms with Crippen LogP contribution in [0.2, 0.25) is 0 Å². The molecule has 1 aliphatic heterocycles. The van der Waals surface area contributed by atoms with Gasteiger partial charge in [0.05, 0.1) is 49.8 Å². The molecule has 1 aromatic heterocycles. The molecule has 33 heavy (non-hydrogen) atoms. The van der Waals surface area contributed by atoms with Crippen LogP contribution < -0.4 is 25.4 Å². The first-order valence-corrected chi connectivity index (χ1v) is 10.7. The SMILES string of the molecule is COc1ccc(/C=C/C(=O)Nc2cc3c(cc2N2CCOCC2)n(C)c(=O)n3C)cc1OC. The van der Waals surface area contributed by atoms with Crippen molar-refractivity contribution >= 4 is 34.4 Å². The van der Waals surface area contributed by atoms with E-state index in [1.54, 1.807) is 55.7 Å². The van der Waals surface area contributed by atoms with E-state index in [1.807, 2.05) is 18.2 Å². The Labute approximate surface area is 191 Å². The predicted octanol–water partition coefficient (Wildman–Crippen LogP) is 2.38. The molecule has 0 spiro atoms. The van der Waals surface area contributed by atoms with E-state index in [2.05, 4.69) is 10.2 Å². The zero-order valence-corrected chi connectivity index (χ0v) is 19.3. The zero-order valence-electron chi connectivity index (χ0n) is 19.3. The zero-order chi connectivity index (χ0) is 23.5. The average molecular weight is 453 g/mol. The topological polar surface area (TPSA) is 87.0 Å². The molecule has 4 rings (SSSR count). The van der Waals surface area contributed by atoms with Crippen LogP contribution in [0.4, 0.5) is 11.4 Å². The van der Waals surface area contributed by atoms with Crippen molar-refractivity contribution < 1.29 is 19.0 Å². The minimum Gasteiger partial charge on any atom is -0.493 e. The highest BCUT2D eigenvalue weighted by Crippen LogP contribution is 2.32. The maximum Gasteiger partial charge on any atom is 0.328 e. The third-order valence-electron chi connectivity index (χ3n) is 5.83. The molecule has 0 aliphatic carbocycles. The van der Waals surface area contributed by atoms with Gasteiger partial charge in [-0.15, -0.1) is 0 Å². The van der Waals surface area contributed by atoms with Crippen LogP contribution in [0.1, 0.15) is 5.56 Å². The number of aromatic nitrogens is 2. The molecule has 2 heterocycles. The summed E-state index contributed by atoms with van der Waals surface area (Å²) in [6.07, 6.45) is 3.18. The van der Waals surface area contributed by atoms with E-state index < -0.39 is 0 Å². The van der Waals surface area contributed by atoms with Gasteiger partial charge in [-0.2, -0.15) is 0 Å². The van der Waals surface area contributed by atoms with Gasteiger partial charge in [-0.25, -0.2) is 4.79 Å². The second kappa shape index (κ2) is 9.41. The summed E-state index contributed by atoms with van der Waals surface area (Å²) in [5, 5.41) is 2.99. The fourth-order valence-corrected chi connectivity index (χ4v) is 4.00. The van der Waals surface area contributed by atoms with Crippen LogP contribution in [0.3, 0.4) is 0 Å². The van der Waals surface area contributed by atoms with Crippen LogP contribution in [0.15, 0.2) is 41.2 Å². The number of benzene rings is 2. The predicted molar refractivity (Wildman–Crippen MR) is 128 cm³/mol. The van der Waals surface area contributed by atoms with Crippen LogP contribution in [0, 0.1) is 0 Å². The molecule has 9 nitrogen and oxygen atoms in total. The molecule has 0 radical (unpaired) electrons. The molecule has 0 saturated carbocycles. The van der Waals surface area contributed by atoms with Crippen LogP contribution in [-0.4, -0.2) is 55.6 Å². The second-order valence-electron chi connectivity index (χ2n) is 7.80. The van der Waals surface area contributed by atoms with Crippen LogP contribution in [0.5, 0.6) is 11.5 Å². The first-order valence-electron chi connectivity index (χ1n) is 10.7. The molecule has 0 unspecified atom stereocenters. The van der Waals surface area contributed by atoms with Crippen LogP contribution >= 0.6 is 0 Å². The molecule has 2 aromatic carbocycles. The Kier molecular flexibility index (Phi) is 6.41. The van der Waals surface area contributed by atoms with Gasteiger partial charge >= 0.3 is 5.69 Å². The first kappa shape index (κ1) is 22.5. The van der Waals surface area contributed by atoms with E-state index in [0.29, 0.717) is 43.5 Å². The minimum absolute atomic E-state index is 0.116. The molecule has 1 N–H and O–H groups in total. The van der Waals surface area contributed by atoms with Gasteiger partial charge in [-0.05, 0) is 35.9 Å². The Morgan fingerprint density at radius 1 is 1.00 bits per heavy atom. The van der Waals surface area contributed by atoms with Gasteiger partial charge < -0.3 is 24.4 Å². The van der Waals surface area contributed by atoms with Gasteiger partial charge in [-0.3, -0.25) is 13.9 Å². The van der Waals surface area contributed by atoms with E-state index >= 15 is 0 Å². The summed E-state index contributed by atoms with van der Waals surface area (Å²) in [5.74, 6) is 0.931. The number of carbonyl (C=O) groups excluding carboxylic acids is 1. The largest absolute Gasteiger partial charge is 0.493 e. The number of nitrogens with zero attached hydrogens (tertiary/aromatic N) is 3. The van der Waals surface area contributed by atoms with Crippen molar-refractivity contribution in [3.05, 3.63) is 52.5 Å². The Morgan fingerprint density at radius 3 is 2.33 bits per heavy atom. The number of nitrogens with one attached hydrogen (secondary N) is 1. The lowest BCUT2D eigenvalue weighted by Gasteiger charge is -2.30. The Hall–Kier alpha value is -3.72. The van der Waals surface area contributed by atoms with Crippen molar-refractivity contribution in [1.82, 2.24) is 9.13 Å². The molecule has 174 valence electrons. The fourth-order valence-electron chi connectivity index (χ4n) is 4.00. The molecule has 1 fully saturated rings. The molecule has 1 aliphatic rings. The summed E-state index contributed by atoms with van der Waals surface area (Å²) >= 11 is 0. The van der Waals surface area contributed by atoms with E-state index in [4.69, 9.17) is 14.2 Å². The summed E-state index contributed by atoms with van der Waals surface area (Å²) < 4.78 is 19.2. The van der Waals surface area contributed by atoms with Crippen molar-refractivity contribution in [3.8, 4) is 11.5 Å². The minimum atomic E-state index is -0.278. The van der Waals surface area contributed by atoms with Gasteiger partial charge in [0.2, 0.25) is 5.91 Å². The molecule has 1 amide bonds. The summed E-state index contributed by atoms with van der Waals surface area (Å²) in [4.78, 5) is 27.4. The van der Waals surface area contributed by atoms with Gasteiger partial charge in [0, 0.05) is 33.3 Å². The molecule has 0 bridgehead atoms. The van der Waals surface area contributed by atoms with E-state index in [1.165, 1.54) is 6.08 Å². The van der Waals surface area contributed by atoms with Gasteiger partial charge in [0.25, 0.3) is 0 Å². The number of imidazole rings is 1. The van der Waals surface area contributed by atoms with Crippen molar-refractivity contribution in [2.45, 2.75) is 0 Å². The number of morpholine rings is 1. The Morgan fingerprint density at radius 2 is 1.67 bits per heavy atom. The molecular weight excluding hydrogens is 424 g/mol. The number of aryl methyl sites for hydroxylation is 2. The highest BCUT2D eigenvalue weighted by Gasteiger charge is 2.19. The van der Waals surface area contributed by atoms with Gasteiger partial charge in [-0.1, -0.05) is 6.07 Å². The summed E-state index contributed by atoms with van der Waals surface area (Å²) in [5.41, 5.74) is 3.75. The highest BCUT2D eigenvalue weighted by molar-refractivity contribution is 6.05. The summed E-state index contributed by atoms with van der Waals surface area (Å²) in [6.45, 7) is 2.63. The third-order valence-corrected chi connectivity index (χ3v) is 5.83. The third kappa shape index (κ3) is 4.45. The Bertz CT molecular complexity index is 1270. The number of ether oxygens (including phenoxy) is 3. The van der Waals surface area contributed by atoms with Crippen molar-refractivity contribution in [3.63, 3.8) is 0 Å². The summed E-state index contributed by atoms with van der Waals surface area (Å²) in [6, 6.07) is 9.24. The lowest BCUT2D eigenvalue weighted by atomic mass is 10.1. The summed E-state index contributed by atoms with van der Waals surface area (Å²) in [7, 11) is 6.62. The molecular formula is C24H28N4O5. The lowest BCUT2D eigenvalue weighted by molar-refractivity contribution is -0.111. The standard InChI is InChI=1S/C24H28N4O5/c1-26-19-14-17(18(28-9-11-33-12-10-28)15-20(19)27(2)24(26)30)25-23(29)8-6-16-5-7-21(31-3)22(13-16)32-4/h5-8,13-15H,9-12H2,1-4H3,(H,25,29)/b8-6+. The number of fused-ring (bicyclic) bond motifs is 1. The maximum atomic E-state index is 12.8. The number of methoxy groups -OCH3 is 2. The average Bonchev–Trinajstić information content (AvgIpc) is 3.05. The first-order chi connectivity index (χ1) is 15.9. The number of carbonyl (C=O) groups is 1.